The second-order valence-corrected chi connectivity index (χ2v) is 2.63. The van der Waals surface area contributed by atoms with E-state index in [1.54, 1.807) is 0 Å². The highest BCUT2D eigenvalue weighted by molar-refractivity contribution is 5.51. The topological polar surface area (TPSA) is 26.0 Å². The van der Waals surface area contributed by atoms with Gasteiger partial charge in [-0.15, -0.1) is 0 Å². The van der Waals surface area contributed by atoms with E-state index < -0.39 is 0 Å². The molecule has 1 aliphatic carbocycles. The maximum atomic E-state index is 5.17. The molecule has 0 fully saturated rings. The van der Waals surface area contributed by atoms with Crippen LogP contribution in [0.15, 0.2) is 29.0 Å². The van der Waals surface area contributed by atoms with Crippen molar-refractivity contribution in [2.75, 3.05) is 0 Å². The summed E-state index contributed by atoms with van der Waals surface area (Å²) in [6, 6.07) is 0. The van der Waals surface area contributed by atoms with E-state index in [4.69, 9.17) is 4.42 Å². The number of hydrogen-bond donors (Lipinski definition) is 0. The van der Waals surface area contributed by atoms with Gasteiger partial charge in [-0.25, -0.2) is 4.98 Å². The van der Waals surface area contributed by atoms with Gasteiger partial charge in [-0.2, -0.15) is 0 Å². The van der Waals surface area contributed by atoms with Crippen LogP contribution in [-0.4, -0.2) is 4.98 Å². The summed E-state index contributed by atoms with van der Waals surface area (Å²) in [6.07, 6.45) is 9.51. The molecule has 0 aromatic carbocycles. The summed E-state index contributed by atoms with van der Waals surface area (Å²) in [6.45, 7) is 2.10. The summed E-state index contributed by atoms with van der Waals surface area (Å²) < 4.78 is 5.17. The zero-order chi connectivity index (χ0) is 7.68. The molecule has 1 atom stereocenters. The summed E-state index contributed by atoms with van der Waals surface area (Å²) in [7, 11) is 0. The van der Waals surface area contributed by atoms with Gasteiger partial charge in [0.1, 0.15) is 0 Å². The molecule has 2 nitrogen and oxygen atoms in total. The predicted octanol–water partition coefficient (Wildman–Crippen LogP) is 2.36. The third-order valence-corrected chi connectivity index (χ3v) is 1.81. The van der Waals surface area contributed by atoms with E-state index in [0.29, 0.717) is 5.92 Å². The lowest BCUT2D eigenvalue weighted by Crippen LogP contribution is -1.89. The molecule has 0 bridgehead atoms. The van der Waals surface area contributed by atoms with E-state index in [1.807, 2.05) is 18.2 Å². The molecule has 0 aliphatic heterocycles. The molecule has 1 unspecified atom stereocenters. The van der Waals surface area contributed by atoms with Crippen LogP contribution in [-0.2, 0) is 0 Å². The Bertz CT molecular complexity index is 309. The Labute approximate surface area is 65.2 Å². The van der Waals surface area contributed by atoms with Crippen LogP contribution >= 0.6 is 0 Å². The molecule has 56 valence electrons. The Kier molecular flexibility index (Phi) is 1.39. The standard InChI is InChI=1S/C9H9NO/c1-7-4-2-3-5-8-9(7)10-6-11-8/h2-7H,1H3. The molecule has 1 heterocycles. The Morgan fingerprint density at radius 1 is 1.45 bits per heavy atom. The number of fused-ring (bicyclic) bond motifs is 1. The molecule has 0 saturated carbocycles. The summed E-state index contributed by atoms with van der Waals surface area (Å²) in [5.41, 5.74) is 1.02. The largest absolute Gasteiger partial charge is 0.444 e. The average molecular weight is 147 g/mol. The quantitative estimate of drug-likeness (QED) is 0.563. The molecule has 1 aromatic rings. The first-order valence-electron chi connectivity index (χ1n) is 3.66. The second kappa shape index (κ2) is 2.38. The van der Waals surface area contributed by atoms with Gasteiger partial charge >= 0.3 is 0 Å². The van der Waals surface area contributed by atoms with Gasteiger partial charge in [-0.3, -0.25) is 0 Å². The first-order chi connectivity index (χ1) is 5.38. The SMILES string of the molecule is CC1C=CC=Cc2ocnc21. The van der Waals surface area contributed by atoms with Gasteiger partial charge in [-0.05, 0) is 6.08 Å². The van der Waals surface area contributed by atoms with Gasteiger partial charge in [0.15, 0.2) is 12.2 Å². The third kappa shape index (κ3) is 1.00. The van der Waals surface area contributed by atoms with Gasteiger partial charge in [-0.1, -0.05) is 25.2 Å². The molecule has 2 heteroatoms. The van der Waals surface area contributed by atoms with Gasteiger partial charge in [0.05, 0.1) is 5.69 Å². The van der Waals surface area contributed by atoms with Crippen LogP contribution in [0.5, 0.6) is 0 Å². The minimum Gasteiger partial charge on any atom is -0.444 e. The molecule has 0 N–H and O–H groups in total. The Balaban J connectivity index is 2.53. The van der Waals surface area contributed by atoms with E-state index >= 15 is 0 Å². The molecule has 1 aromatic heterocycles. The maximum absolute atomic E-state index is 5.17. The van der Waals surface area contributed by atoms with E-state index in [-0.39, 0.29) is 0 Å². The third-order valence-electron chi connectivity index (χ3n) is 1.81. The molecule has 11 heavy (non-hydrogen) atoms. The average Bonchev–Trinajstić information content (AvgIpc) is 2.40. The number of hydrogen-bond acceptors (Lipinski definition) is 2. The van der Waals surface area contributed by atoms with Crippen LogP contribution in [0.4, 0.5) is 0 Å². The Morgan fingerprint density at radius 3 is 3.27 bits per heavy atom. The summed E-state index contributed by atoms with van der Waals surface area (Å²) >= 11 is 0. The van der Waals surface area contributed by atoms with Crippen molar-refractivity contribution in [2.24, 2.45) is 0 Å². The van der Waals surface area contributed by atoms with Gasteiger partial charge < -0.3 is 4.42 Å². The van der Waals surface area contributed by atoms with Crippen molar-refractivity contribution in [3.63, 3.8) is 0 Å². The molecule has 2 rings (SSSR count). The highest BCUT2D eigenvalue weighted by atomic mass is 16.3. The smallest absolute Gasteiger partial charge is 0.181 e. The molecular formula is C9H9NO. The first kappa shape index (κ1) is 6.40. The van der Waals surface area contributed by atoms with Crippen molar-refractivity contribution in [3.05, 3.63) is 36.1 Å². The van der Waals surface area contributed by atoms with Crippen LogP contribution in [0.1, 0.15) is 24.3 Å². The van der Waals surface area contributed by atoms with Crippen LogP contribution in [0, 0.1) is 0 Å². The predicted molar refractivity (Wildman–Crippen MR) is 43.1 cm³/mol. The second-order valence-electron chi connectivity index (χ2n) is 2.63. The van der Waals surface area contributed by atoms with Crippen LogP contribution in [0.25, 0.3) is 6.08 Å². The van der Waals surface area contributed by atoms with Crippen LogP contribution < -0.4 is 0 Å². The van der Waals surface area contributed by atoms with Crippen LogP contribution in [0.3, 0.4) is 0 Å². The lowest BCUT2D eigenvalue weighted by atomic mass is 10.1. The van der Waals surface area contributed by atoms with Crippen molar-refractivity contribution in [2.45, 2.75) is 12.8 Å². The number of aromatic nitrogens is 1. The number of oxazole rings is 1. The van der Waals surface area contributed by atoms with E-state index in [1.165, 1.54) is 6.39 Å². The molecule has 0 spiro atoms. The lowest BCUT2D eigenvalue weighted by molar-refractivity contribution is 0.546. The van der Waals surface area contributed by atoms with E-state index in [2.05, 4.69) is 18.0 Å². The fourth-order valence-electron chi connectivity index (χ4n) is 1.20. The van der Waals surface area contributed by atoms with Gasteiger partial charge in [0.25, 0.3) is 0 Å². The van der Waals surface area contributed by atoms with E-state index in [0.717, 1.165) is 11.5 Å². The van der Waals surface area contributed by atoms with Crippen molar-refractivity contribution in [1.82, 2.24) is 4.98 Å². The minimum atomic E-state index is 0.360. The lowest BCUT2D eigenvalue weighted by Gasteiger charge is -1.98. The number of nitrogens with zero attached hydrogens (tertiary/aromatic N) is 1. The maximum Gasteiger partial charge on any atom is 0.181 e. The first-order valence-corrected chi connectivity index (χ1v) is 3.66. The number of allylic oxidation sites excluding steroid dienone is 3. The molecule has 0 radical (unpaired) electrons. The molecule has 0 saturated heterocycles. The number of rotatable bonds is 0. The highest BCUT2D eigenvalue weighted by Gasteiger charge is 2.11. The zero-order valence-electron chi connectivity index (χ0n) is 6.32. The van der Waals surface area contributed by atoms with Crippen molar-refractivity contribution in [3.8, 4) is 0 Å². The van der Waals surface area contributed by atoms with Gasteiger partial charge in [0.2, 0.25) is 0 Å². The van der Waals surface area contributed by atoms with E-state index in [9.17, 15) is 0 Å². The minimum absolute atomic E-state index is 0.360. The normalized spacial score (nSPS) is 21.4. The van der Waals surface area contributed by atoms with Crippen molar-refractivity contribution < 1.29 is 4.42 Å². The Morgan fingerprint density at radius 2 is 2.36 bits per heavy atom. The summed E-state index contributed by atoms with van der Waals surface area (Å²) in [5.74, 6) is 1.24. The highest BCUT2D eigenvalue weighted by Crippen LogP contribution is 2.22. The fourth-order valence-corrected chi connectivity index (χ4v) is 1.20. The molecule has 1 aliphatic rings. The van der Waals surface area contributed by atoms with Crippen LogP contribution in [0.2, 0.25) is 0 Å². The monoisotopic (exact) mass is 147 g/mol. The summed E-state index contributed by atoms with van der Waals surface area (Å²) in [5, 5.41) is 0. The fraction of sp³-hybridized carbons (Fsp3) is 0.222. The summed E-state index contributed by atoms with van der Waals surface area (Å²) in [4.78, 5) is 4.13. The molecule has 0 amide bonds. The Hall–Kier alpha value is -1.31. The zero-order valence-corrected chi connectivity index (χ0v) is 6.32. The van der Waals surface area contributed by atoms with Gasteiger partial charge in [0, 0.05) is 5.92 Å². The van der Waals surface area contributed by atoms with Crippen molar-refractivity contribution in [1.29, 1.82) is 0 Å². The van der Waals surface area contributed by atoms with Crippen molar-refractivity contribution >= 4 is 6.08 Å². The molecular weight excluding hydrogens is 138 g/mol.